The number of carbonyl (C=O) groups excluding carboxylic acids is 1. The van der Waals surface area contributed by atoms with Crippen LogP contribution in [0.5, 0.6) is 11.5 Å². The number of aryl methyl sites for hydroxylation is 1. The Kier molecular flexibility index (Phi) is 6.07. The SMILES string of the molecule is COc1cc(C(=O)N2CCN(c3ccc(-n4ccnc4C)nn3)CC2)c([N+](=O)[O-])cc1OC. The van der Waals surface area contributed by atoms with Crippen molar-refractivity contribution in [2.24, 2.45) is 0 Å². The number of nitrogens with zero attached hydrogens (tertiary/aromatic N) is 7. The first-order valence-electron chi connectivity index (χ1n) is 10.2. The lowest BCUT2D eigenvalue weighted by Crippen LogP contribution is -2.49. The molecule has 33 heavy (non-hydrogen) atoms. The highest BCUT2D eigenvalue weighted by atomic mass is 16.6. The zero-order valence-corrected chi connectivity index (χ0v) is 18.5. The molecule has 3 aromatic rings. The second-order valence-electron chi connectivity index (χ2n) is 7.35. The van der Waals surface area contributed by atoms with Crippen molar-refractivity contribution in [1.29, 1.82) is 0 Å². The molecule has 1 fully saturated rings. The monoisotopic (exact) mass is 453 g/mol. The average molecular weight is 453 g/mol. The fourth-order valence-corrected chi connectivity index (χ4v) is 3.74. The predicted molar refractivity (Wildman–Crippen MR) is 118 cm³/mol. The molecule has 4 rings (SSSR count). The summed E-state index contributed by atoms with van der Waals surface area (Å²) in [6.45, 7) is 3.69. The highest BCUT2D eigenvalue weighted by molar-refractivity contribution is 5.99. The highest BCUT2D eigenvalue weighted by Gasteiger charge is 2.30. The van der Waals surface area contributed by atoms with Crippen LogP contribution in [-0.2, 0) is 0 Å². The smallest absolute Gasteiger partial charge is 0.286 e. The molecule has 1 aromatic carbocycles. The highest BCUT2D eigenvalue weighted by Crippen LogP contribution is 2.35. The van der Waals surface area contributed by atoms with Gasteiger partial charge in [0.25, 0.3) is 11.6 Å². The van der Waals surface area contributed by atoms with Gasteiger partial charge in [0.2, 0.25) is 0 Å². The van der Waals surface area contributed by atoms with E-state index in [9.17, 15) is 14.9 Å². The molecule has 0 aliphatic carbocycles. The van der Waals surface area contributed by atoms with Crippen molar-refractivity contribution in [3.8, 4) is 17.3 Å². The number of carbonyl (C=O) groups is 1. The van der Waals surface area contributed by atoms with Crippen LogP contribution in [0.1, 0.15) is 16.2 Å². The van der Waals surface area contributed by atoms with Gasteiger partial charge in [-0.1, -0.05) is 0 Å². The molecule has 172 valence electrons. The number of imidazole rings is 1. The lowest BCUT2D eigenvalue weighted by molar-refractivity contribution is -0.385. The van der Waals surface area contributed by atoms with Gasteiger partial charge in [-0.25, -0.2) is 4.98 Å². The molecule has 1 amide bonds. The van der Waals surface area contributed by atoms with Crippen LogP contribution in [0.3, 0.4) is 0 Å². The van der Waals surface area contributed by atoms with Gasteiger partial charge in [0.1, 0.15) is 11.4 Å². The second-order valence-corrected chi connectivity index (χ2v) is 7.35. The van der Waals surface area contributed by atoms with Gasteiger partial charge < -0.3 is 19.3 Å². The maximum absolute atomic E-state index is 13.1. The number of hydrogen-bond acceptors (Lipinski definition) is 9. The van der Waals surface area contributed by atoms with Gasteiger partial charge in [0.15, 0.2) is 23.1 Å². The number of methoxy groups -OCH3 is 2. The minimum Gasteiger partial charge on any atom is -0.493 e. The van der Waals surface area contributed by atoms with E-state index in [1.54, 1.807) is 11.1 Å². The van der Waals surface area contributed by atoms with Crippen LogP contribution in [0.4, 0.5) is 11.5 Å². The van der Waals surface area contributed by atoms with Crippen LogP contribution in [0.15, 0.2) is 36.7 Å². The normalized spacial score (nSPS) is 13.7. The Morgan fingerprint density at radius 3 is 2.21 bits per heavy atom. The van der Waals surface area contributed by atoms with Crippen molar-refractivity contribution in [2.45, 2.75) is 6.92 Å². The summed E-state index contributed by atoms with van der Waals surface area (Å²) < 4.78 is 12.2. The number of anilines is 1. The van der Waals surface area contributed by atoms with E-state index in [-0.39, 0.29) is 22.7 Å². The molecular formula is C21H23N7O5. The first-order chi connectivity index (χ1) is 15.9. The number of piperazine rings is 1. The molecule has 2 aromatic heterocycles. The van der Waals surface area contributed by atoms with E-state index in [0.29, 0.717) is 37.8 Å². The molecule has 0 saturated carbocycles. The van der Waals surface area contributed by atoms with Crippen LogP contribution >= 0.6 is 0 Å². The zero-order chi connectivity index (χ0) is 23.5. The standard InChI is InChI=1S/C21H23N7O5/c1-14-22-6-7-27(14)20-5-4-19(23-24-20)25-8-10-26(11-9-25)21(29)15-12-17(32-2)18(33-3)13-16(15)28(30)31/h4-7,12-13H,8-11H2,1-3H3. The van der Waals surface area contributed by atoms with E-state index < -0.39 is 10.8 Å². The Labute approximate surface area is 189 Å². The minimum absolute atomic E-state index is 0.0362. The number of nitro groups is 1. The third kappa shape index (κ3) is 4.27. The van der Waals surface area contributed by atoms with Gasteiger partial charge in [-0.15, -0.1) is 10.2 Å². The van der Waals surface area contributed by atoms with Crippen LogP contribution in [-0.4, -0.2) is 75.9 Å². The van der Waals surface area contributed by atoms with Crippen molar-refractivity contribution in [3.05, 3.63) is 58.2 Å². The second kappa shape index (κ2) is 9.10. The topological polar surface area (TPSA) is 129 Å². The van der Waals surface area contributed by atoms with Gasteiger partial charge in [-0.05, 0) is 19.1 Å². The molecule has 12 nitrogen and oxygen atoms in total. The third-order valence-electron chi connectivity index (χ3n) is 5.53. The molecule has 1 aliphatic rings. The largest absolute Gasteiger partial charge is 0.493 e. The van der Waals surface area contributed by atoms with Gasteiger partial charge in [-0.3, -0.25) is 19.5 Å². The first-order valence-corrected chi connectivity index (χ1v) is 10.2. The van der Waals surface area contributed by atoms with E-state index in [1.807, 2.05) is 34.7 Å². The average Bonchev–Trinajstić information content (AvgIpc) is 3.28. The summed E-state index contributed by atoms with van der Waals surface area (Å²) in [6.07, 6.45) is 3.51. The Hall–Kier alpha value is -4.22. The van der Waals surface area contributed by atoms with Crippen molar-refractivity contribution in [2.75, 3.05) is 45.3 Å². The van der Waals surface area contributed by atoms with Crippen LogP contribution < -0.4 is 14.4 Å². The molecule has 0 N–H and O–H groups in total. The number of ether oxygens (including phenoxy) is 2. The minimum atomic E-state index is -0.593. The Morgan fingerprint density at radius 2 is 1.67 bits per heavy atom. The molecule has 12 heteroatoms. The van der Waals surface area contributed by atoms with E-state index >= 15 is 0 Å². The maximum atomic E-state index is 13.1. The Morgan fingerprint density at radius 1 is 1.03 bits per heavy atom. The predicted octanol–water partition coefficient (Wildman–Crippen LogP) is 1.86. The maximum Gasteiger partial charge on any atom is 0.286 e. The summed E-state index contributed by atoms with van der Waals surface area (Å²) in [6, 6.07) is 6.30. The number of amides is 1. The summed E-state index contributed by atoms with van der Waals surface area (Å²) in [7, 11) is 2.80. The molecule has 0 unspecified atom stereocenters. The summed E-state index contributed by atoms with van der Waals surface area (Å²) >= 11 is 0. The lowest BCUT2D eigenvalue weighted by Gasteiger charge is -2.35. The fraction of sp³-hybridized carbons (Fsp3) is 0.333. The van der Waals surface area contributed by atoms with Crippen molar-refractivity contribution in [3.63, 3.8) is 0 Å². The molecule has 3 heterocycles. The molecular weight excluding hydrogens is 430 g/mol. The van der Waals surface area contributed by atoms with Crippen LogP contribution in [0.25, 0.3) is 5.82 Å². The molecule has 0 radical (unpaired) electrons. The van der Waals surface area contributed by atoms with E-state index in [2.05, 4.69) is 15.2 Å². The number of nitro benzene ring substituents is 1. The quantitative estimate of drug-likeness (QED) is 0.405. The van der Waals surface area contributed by atoms with Crippen LogP contribution in [0.2, 0.25) is 0 Å². The number of rotatable bonds is 6. The van der Waals surface area contributed by atoms with Gasteiger partial charge in [0, 0.05) is 44.6 Å². The number of hydrogen-bond donors (Lipinski definition) is 0. The third-order valence-corrected chi connectivity index (χ3v) is 5.53. The lowest BCUT2D eigenvalue weighted by atomic mass is 10.1. The van der Waals surface area contributed by atoms with Crippen molar-refractivity contribution < 1.29 is 19.2 Å². The number of benzene rings is 1. The van der Waals surface area contributed by atoms with E-state index in [0.717, 1.165) is 5.82 Å². The summed E-state index contributed by atoms with van der Waals surface area (Å²) in [5.74, 6) is 2.20. The van der Waals surface area contributed by atoms with Gasteiger partial charge in [0.05, 0.1) is 25.2 Å². The first kappa shape index (κ1) is 22.0. The van der Waals surface area contributed by atoms with Crippen LogP contribution in [0, 0.1) is 17.0 Å². The molecule has 1 saturated heterocycles. The zero-order valence-electron chi connectivity index (χ0n) is 18.5. The molecule has 0 bridgehead atoms. The summed E-state index contributed by atoms with van der Waals surface area (Å²) in [4.78, 5) is 31.9. The Balaban J connectivity index is 1.47. The van der Waals surface area contributed by atoms with E-state index in [4.69, 9.17) is 9.47 Å². The van der Waals surface area contributed by atoms with Crippen molar-refractivity contribution in [1.82, 2.24) is 24.6 Å². The Bertz CT molecular complexity index is 1170. The molecule has 0 spiro atoms. The molecule has 0 atom stereocenters. The van der Waals surface area contributed by atoms with E-state index in [1.165, 1.54) is 26.4 Å². The van der Waals surface area contributed by atoms with Gasteiger partial charge >= 0.3 is 0 Å². The van der Waals surface area contributed by atoms with Gasteiger partial charge in [-0.2, -0.15) is 0 Å². The fourth-order valence-electron chi connectivity index (χ4n) is 3.74. The van der Waals surface area contributed by atoms with Crippen molar-refractivity contribution >= 4 is 17.4 Å². The molecule has 1 aliphatic heterocycles. The summed E-state index contributed by atoms with van der Waals surface area (Å²) in [5, 5.41) is 20.1. The summed E-state index contributed by atoms with van der Waals surface area (Å²) in [5.41, 5.74) is -0.359. The number of aromatic nitrogens is 4.